The number of nitrogens with zero attached hydrogens (tertiary/aromatic N) is 4. The second-order valence-electron chi connectivity index (χ2n) is 3.51. The number of nitrogens with one attached hydrogen (secondary N) is 1. The lowest BCUT2D eigenvalue weighted by Gasteiger charge is -2.01. The highest BCUT2D eigenvalue weighted by Crippen LogP contribution is 2.18. The van der Waals surface area contributed by atoms with E-state index in [2.05, 4.69) is 15.4 Å². The molecule has 0 aliphatic carbocycles. The highest BCUT2D eigenvalue weighted by atomic mass is 16.6. The van der Waals surface area contributed by atoms with Crippen molar-refractivity contribution in [3.05, 3.63) is 34.4 Å². The highest BCUT2D eigenvalue weighted by molar-refractivity contribution is 5.47. The monoisotopic (exact) mass is 248 g/mol. The molecule has 0 saturated carbocycles. The van der Waals surface area contributed by atoms with Crippen molar-refractivity contribution in [2.45, 2.75) is 6.92 Å². The van der Waals surface area contributed by atoms with Gasteiger partial charge in [0.05, 0.1) is 10.6 Å². The zero-order chi connectivity index (χ0) is 13.1. The fourth-order valence-corrected chi connectivity index (χ4v) is 1.49. The maximum absolute atomic E-state index is 10.7. The molecule has 0 atom stereocenters. The molecule has 0 fully saturated rings. The van der Waals surface area contributed by atoms with Gasteiger partial charge in [0.2, 0.25) is 11.9 Å². The molecule has 0 unspecified atom stereocenters. The average Bonchev–Trinajstić information content (AvgIpc) is 2.71. The van der Waals surface area contributed by atoms with E-state index < -0.39 is 4.92 Å². The van der Waals surface area contributed by atoms with Gasteiger partial charge in [-0.25, -0.2) is 0 Å². The number of non-ortho nitro benzene ring substituents is 1. The van der Waals surface area contributed by atoms with Crippen LogP contribution in [-0.2, 0) is 0 Å². The lowest BCUT2D eigenvalue weighted by atomic mass is 10.3. The number of hydrogen-bond donors (Lipinski definition) is 2. The number of rotatable bonds is 4. The van der Waals surface area contributed by atoms with Crippen LogP contribution in [0.4, 0.5) is 17.6 Å². The van der Waals surface area contributed by atoms with Gasteiger partial charge in [0.1, 0.15) is 0 Å². The second-order valence-corrected chi connectivity index (χ2v) is 3.51. The predicted molar refractivity (Wildman–Crippen MR) is 66.6 cm³/mol. The standard InChI is InChI=1S/C10H12N6O2/c1-2-12-10-13-9(11)15(14-10)7-4-3-5-8(6-7)16(17)18/h3-6H,2H2,1H3,(H3,11,12,13,14). The van der Waals surface area contributed by atoms with Gasteiger partial charge in [0.25, 0.3) is 5.69 Å². The Morgan fingerprint density at radius 1 is 1.56 bits per heavy atom. The molecule has 8 nitrogen and oxygen atoms in total. The fraction of sp³-hybridized carbons (Fsp3) is 0.200. The van der Waals surface area contributed by atoms with Crippen LogP contribution in [0, 0.1) is 10.1 Å². The zero-order valence-corrected chi connectivity index (χ0v) is 9.70. The van der Waals surface area contributed by atoms with E-state index in [1.54, 1.807) is 12.1 Å². The molecule has 0 spiro atoms. The highest BCUT2D eigenvalue weighted by Gasteiger charge is 2.11. The van der Waals surface area contributed by atoms with Gasteiger partial charge in [-0.15, -0.1) is 5.10 Å². The molecule has 0 radical (unpaired) electrons. The molecule has 0 aliphatic rings. The van der Waals surface area contributed by atoms with E-state index in [1.165, 1.54) is 16.8 Å². The summed E-state index contributed by atoms with van der Waals surface area (Å²) in [6.07, 6.45) is 0. The predicted octanol–water partition coefficient (Wildman–Crippen LogP) is 1.19. The number of anilines is 2. The quantitative estimate of drug-likeness (QED) is 0.620. The van der Waals surface area contributed by atoms with Crippen LogP contribution in [-0.4, -0.2) is 26.2 Å². The largest absolute Gasteiger partial charge is 0.368 e. The Morgan fingerprint density at radius 2 is 2.33 bits per heavy atom. The first-order valence-corrected chi connectivity index (χ1v) is 5.33. The molecule has 2 rings (SSSR count). The summed E-state index contributed by atoms with van der Waals surface area (Å²) >= 11 is 0. The van der Waals surface area contributed by atoms with Crippen LogP contribution < -0.4 is 11.1 Å². The van der Waals surface area contributed by atoms with Crippen LogP contribution in [0.15, 0.2) is 24.3 Å². The summed E-state index contributed by atoms with van der Waals surface area (Å²) in [7, 11) is 0. The van der Waals surface area contributed by atoms with Crippen LogP contribution in [0.25, 0.3) is 5.69 Å². The molecule has 18 heavy (non-hydrogen) atoms. The molecule has 0 aliphatic heterocycles. The Labute approximate surface area is 103 Å². The molecule has 1 aromatic carbocycles. The number of nitrogen functional groups attached to an aromatic ring is 1. The number of benzene rings is 1. The van der Waals surface area contributed by atoms with Gasteiger partial charge in [0.15, 0.2) is 0 Å². The topological polar surface area (TPSA) is 112 Å². The molecular formula is C10H12N6O2. The Bertz CT molecular complexity index is 579. The molecule has 3 N–H and O–H groups in total. The van der Waals surface area contributed by atoms with Crippen molar-refractivity contribution in [3.8, 4) is 5.69 Å². The first-order chi connectivity index (χ1) is 8.61. The number of hydrogen-bond acceptors (Lipinski definition) is 6. The summed E-state index contributed by atoms with van der Waals surface area (Å²) in [5.74, 6) is 0.563. The summed E-state index contributed by atoms with van der Waals surface area (Å²) in [5, 5.41) is 17.7. The van der Waals surface area contributed by atoms with E-state index >= 15 is 0 Å². The molecule has 1 aromatic heterocycles. The molecule has 1 heterocycles. The minimum atomic E-state index is -0.470. The Morgan fingerprint density at radius 3 is 3.00 bits per heavy atom. The van der Waals surface area contributed by atoms with Gasteiger partial charge in [-0.2, -0.15) is 9.67 Å². The van der Waals surface area contributed by atoms with Crippen LogP contribution in [0.2, 0.25) is 0 Å². The van der Waals surface area contributed by atoms with Crippen LogP contribution in [0.1, 0.15) is 6.92 Å². The number of nitrogens with two attached hydrogens (primary N) is 1. The first kappa shape index (κ1) is 11.8. The number of nitro benzene ring substituents is 1. The summed E-state index contributed by atoms with van der Waals surface area (Å²) in [4.78, 5) is 14.2. The van der Waals surface area contributed by atoms with Crippen molar-refractivity contribution in [2.24, 2.45) is 0 Å². The van der Waals surface area contributed by atoms with E-state index in [0.29, 0.717) is 18.2 Å². The van der Waals surface area contributed by atoms with Gasteiger partial charge in [-0.1, -0.05) is 6.07 Å². The van der Waals surface area contributed by atoms with Crippen molar-refractivity contribution in [1.29, 1.82) is 0 Å². The molecule has 8 heteroatoms. The summed E-state index contributed by atoms with van der Waals surface area (Å²) in [6.45, 7) is 2.57. The van der Waals surface area contributed by atoms with Gasteiger partial charge >= 0.3 is 0 Å². The van der Waals surface area contributed by atoms with Crippen LogP contribution in [0.5, 0.6) is 0 Å². The number of nitro groups is 1. The van der Waals surface area contributed by atoms with Gasteiger partial charge in [-0.05, 0) is 13.0 Å². The molecular weight excluding hydrogens is 236 g/mol. The van der Waals surface area contributed by atoms with Gasteiger partial charge in [-0.3, -0.25) is 10.1 Å². The molecule has 0 bridgehead atoms. The normalized spacial score (nSPS) is 10.3. The van der Waals surface area contributed by atoms with Crippen LogP contribution in [0.3, 0.4) is 0 Å². The zero-order valence-electron chi connectivity index (χ0n) is 9.70. The lowest BCUT2D eigenvalue weighted by molar-refractivity contribution is -0.384. The van der Waals surface area contributed by atoms with Crippen molar-refractivity contribution in [1.82, 2.24) is 14.8 Å². The lowest BCUT2D eigenvalue weighted by Crippen LogP contribution is -2.03. The Hall–Kier alpha value is -2.64. The number of aromatic nitrogens is 3. The third-order valence-corrected chi connectivity index (χ3v) is 2.25. The maximum Gasteiger partial charge on any atom is 0.271 e. The van der Waals surface area contributed by atoms with Crippen LogP contribution >= 0.6 is 0 Å². The first-order valence-electron chi connectivity index (χ1n) is 5.33. The van der Waals surface area contributed by atoms with E-state index in [4.69, 9.17) is 5.73 Å². The van der Waals surface area contributed by atoms with Gasteiger partial charge < -0.3 is 11.1 Å². The summed E-state index contributed by atoms with van der Waals surface area (Å²) < 4.78 is 1.35. The summed E-state index contributed by atoms with van der Waals surface area (Å²) in [5.41, 5.74) is 6.19. The SMILES string of the molecule is CCNc1nc(N)n(-c2cccc([N+](=O)[O-])c2)n1. The fourth-order valence-electron chi connectivity index (χ4n) is 1.49. The third-order valence-electron chi connectivity index (χ3n) is 2.25. The Balaban J connectivity index is 2.41. The minimum absolute atomic E-state index is 0.0209. The Kier molecular flexibility index (Phi) is 3.09. The molecule has 0 saturated heterocycles. The van der Waals surface area contributed by atoms with Crippen molar-refractivity contribution < 1.29 is 4.92 Å². The molecule has 94 valence electrons. The van der Waals surface area contributed by atoms with E-state index in [-0.39, 0.29) is 11.6 Å². The smallest absolute Gasteiger partial charge is 0.271 e. The second kappa shape index (κ2) is 4.70. The van der Waals surface area contributed by atoms with E-state index in [9.17, 15) is 10.1 Å². The molecule has 0 amide bonds. The van der Waals surface area contributed by atoms with E-state index in [0.717, 1.165) is 0 Å². The van der Waals surface area contributed by atoms with Crippen molar-refractivity contribution in [2.75, 3.05) is 17.6 Å². The van der Waals surface area contributed by atoms with E-state index in [1.807, 2.05) is 6.92 Å². The third kappa shape index (κ3) is 2.21. The van der Waals surface area contributed by atoms with Crippen molar-refractivity contribution >= 4 is 17.6 Å². The summed E-state index contributed by atoms with van der Waals surface area (Å²) in [6, 6.07) is 6.04. The average molecular weight is 248 g/mol. The van der Waals surface area contributed by atoms with Gasteiger partial charge in [0, 0.05) is 18.7 Å². The van der Waals surface area contributed by atoms with Crippen molar-refractivity contribution in [3.63, 3.8) is 0 Å². The minimum Gasteiger partial charge on any atom is -0.368 e. The maximum atomic E-state index is 10.7. The molecule has 2 aromatic rings.